The van der Waals surface area contributed by atoms with Gasteiger partial charge in [0, 0.05) is 16.4 Å². The van der Waals surface area contributed by atoms with E-state index in [1.807, 2.05) is 36.4 Å². The Labute approximate surface area is 144 Å². The predicted octanol–water partition coefficient (Wildman–Crippen LogP) is 5.71. The maximum atomic E-state index is 5.60. The van der Waals surface area contributed by atoms with E-state index in [9.17, 15) is 0 Å². The molecule has 118 valence electrons. The summed E-state index contributed by atoms with van der Waals surface area (Å²) >= 11 is 0. The van der Waals surface area contributed by atoms with Gasteiger partial charge in [0.1, 0.15) is 5.69 Å². The predicted molar refractivity (Wildman–Crippen MR) is 100 cm³/mol. The number of hydrogen-bond acceptors (Lipinski definition) is 3. The number of aromatic nitrogens is 2. The van der Waals surface area contributed by atoms with E-state index in [0.717, 1.165) is 27.6 Å². The first-order valence-electron chi connectivity index (χ1n) is 8.20. The Bertz CT molecular complexity index is 1100. The summed E-state index contributed by atoms with van der Waals surface area (Å²) in [5.41, 5.74) is 2.81. The average Bonchev–Trinajstić information content (AvgIpc) is 3.16. The quantitative estimate of drug-likeness (QED) is 0.418. The monoisotopic (exact) mass is 322 g/mol. The van der Waals surface area contributed by atoms with Crippen molar-refractivity contribution in [1.82, 2.24) is 10.4 Å². The highest BCUT2D eigenvalue weighted by atomic mass is 16.5. The zero-order valence-corrected chi connectivity index (χ0v) is 13.4. The fourth-order valence-electron chi connectivity index (χ4n) is 3.40. The molecule has 25 heavy (non-hydrogen) atoms. The second-order valence-electron chi connectivity index (χ2n) is 6.00. The lowest BCUT2D eigenvalue weighted by Gasteiger charge is -2.07. The van der Waals surface area contributed by atoms with E-state index in [-0.39, 0.29) is 0 Å². The zero-order chi connectivity index (χ0) is 16.6. The molecule has 0 saturated heterocycles. The van der Waals surface area contributed by atoms with E-state index in [1.54, 1.807) is 0 Å². The highest BCUT2D eigenvalue weighted by molar-refractivity contribution is 6.02. The molecule has 0 fully saturated rings. The molecule has 0 aliphatic carbocycles. The lowest BCUT2D eigenvalue weighted by molar-refractivity contribution is 0.404. The van der Waals surface area contributed by atoms with Gasteiger partial charge in [-0.25, -0.2) is 0 Å². The Balaban J connectivity index is 1.80. The Hall–Kier alpha value is -3.46. The van der Waals surface area contributed by atoms with Crippen molar-refractivity contribution < 1.29 is 4.52 Å². The van der Waals surface area contributed by atoms with Gasteiger partial charge in [-0.2, -0.15) is 0 Å². The number of benzene rings is 4. The molecule has 0 spiro atoms. The summed E-state index contributed by atoms with van der Waals surface area (Å²) in [4.78, 5) is 0. The van der Waals surface area contributed by atoms with Crippen LogP contribution in [0.25, 0.3) is 44.1 Å². The molecule has 0 unspecified atom stereocenters. The van der Waals surface area contributed by atoms with Crippen LogP contribution in [0.15, 0.2) is 89.5 Å². The Morgan fingerprint density at radius 2 is 1.12 bits per heavy atom. The topological polar surface area (TPSA) is 38.9 Å². The number of nitrogens with zero attached hydrogens (tertiary/aromatic N) is 2. The van der Waals surface area contributed by atoms with Gasteiger partial charge in [-0.05, 0) is 21.5 Å². The van der Waals surface area contributed by atoms with E-state index in [0.29, 0.717) is 5.76 Å². The molecule has 0 N–H and O–H groups in total. The molecule has 5 rings (SSSR count). The molecule has 0 amide bonds. The molecule has 0 atom stereocenters. The minimum absolute atomic E-state index is 0.702. The number of fused-ring (bicyclic) bond motifs is 2. The first-order chi connectivity index (χ1) is 12.4. The average molecular weight is 322 g/mol. The summed E-state index contributed by atoms with van der Waals surface area (Å²) in [6.45, 7) is 0. The van der Waals surface area contributed by atoms with Crippen molar-refractivity contribution in [3.63, 3.8) is 0 Å². The maximum absolute atomic E-state index is 5.60. The van der Waals surface area contributed by atoms with Crippen molar-refractivity contribution in [2.75, 3.05) is 0 Å². The third-order valence-electron chi connectivity index (χ3n) is 4.57. The van der Waals surface area contributed by atoms with Crippen LogP contribution in [0.3, 0.4) is 0 Å². The summed E-state index contributed by atoms with van der Waals surface area (Å²) in [7, 11) is 0. The van der Waals surface area contributed by atoms with E-state index >= 15 is 0 Å². The second kappa shape index (κ2) is 5.56. The summed E-state index contributed by atoms with van der Waals surface area (Å²) in [6, 6.07) is 28.9. The van der Waals surface area contributed by atoms with Crippen LogP contribution >= 0.6 is 0 Å². The third-order valence-corrected chi connectivity index (χ3v) is 4.57. The van der Waals surface area contributed by atoms with Crippen molar-refractivity contribution in [3.8, 4) is 22.6 Å². The van der Waals surface area contributed by atoms with E-state index in [1.165, 1.54) is 10.8 Å². The lowest BCUT2D eigenvalue weighted by Crippen LogP contribution is -1.86. The van der Waals surface area contributed by atoms with Crippen molar-refractivity contribution >= 4 is 21.5 Å². The molecule has 0 bridgehead atoms. The normalized spacial score (nSPS) is 11.2. The fraction of sp³-hybridized carbons (Fsp3) is 0. The van der Waals surface area contributed by atoms with Crippen molar-refractivity contribution in [2.45, 2.75) is 0 Å². The van der Waals surface area contributed by atoms with Crippen LogP contribution in [0, 0.1) is 0 Å². The molecule has 1 heterocycles. The van der Waals surface area contributed by atoms with Crippen LogP contribution in [-0.2, 0) is 0 Å². The summed E-state index contributed by atoms with van der Waals surface area (Å²) < 4.78 is 5.60. The highest BCUT2D eigenvalue weighted by Gasteiger charge is 2.18. The summed E-state index contributed by atoms with van der Waals surface area (Å²) in [6.07, 6.45) is 0. The van der Waals surface area contributed by atoms with Gasteiger partial charge in [-0.15, -0.1) is 5.10 Å². The van der Waals surface area contributed by atoms with Gasteiger partial charge in [-0.1, -0.05) is 84.9 Å². The molecule has 4 aromatic carbocycles. The smallest absolute Gasteiger partial charge is 0.195 e. The molecule has 3 nitrogen and oxygen atoms in total. The minimum Gasteiger partial charge on any atom is -0.336 e. The van der Waals surface area contributed by atoms with Crippen LogP contribution in [0.4, 0.5) is 0 Å². The van der Waals surface area contributed by atoms with Gasteiger partial charge >= 0.3 is 0 Å². The Morgan fingerprint density at radius 3 is 1.84 bits per heavy atom. The highest BCUT2D eigenvalue weighted by Crippen LogP contribution is 2.37. The number of hydrogen-bond donors (Lipinski definition) is 0. The molecule has 3 heteroatoms. The summed E-state index contributed by atoms with van der Waals surface area (Å²) in [5, 5.41) is 12.8. The van der Waals surface area contributed by atoms with Crippen LogP contribution in [0.2, 0.25) is 0 Å². The van der Waals surface area contributed by atoms with Crippen molar-refractivity contribution in [1.29, 1.82) is 0 Å². The van der Waals surface area contributed by atoms with E-state index in [4.69, 9.17) is 4.52 Å². The molecule has 1 aromatic heterocycles. The van der Waals surface area contributed by atoms with E-state index in [2.05, 4.69) is 58.9 Å². The van der Waals surface area contributed by atoms with Crippen LogP contribution in [0.5, 0.6) is 0 Å². The molecular formula is C22H14N2O. The lowest BCUT2D eigenvalue weighted by atomic mass is 9.97. The number of rotatable bonds is 2. The maximum Gasteiger partial charge on any atom is 0.195 e. The molecule has 0 aliphatic rings. The van der Waals surface area contributed by atoms with Gasteiger partial charge in [0.25, 0.3) is 0 Å². The van der Waals surface area contributed by atoms with Crippen LogP contribution in [-0.4, -0.2) is 10.4 Å². The Morgan fingerprint density at radius 1 is 0.560 bits per heavy atom. The zero-order valence-electron chi connectivity index (χ0n) is 13.4. The van der Waals surface area contributed by atoms with Gasteiger partial charge in [0.15, 0.2) is 5.76 Å². The van der Waals surface area contributed by atoms with Gasteiger partial charge in [0.2, 0.25) is 0 Å². The van der Waals surface area contributed by atoms with Gasteiger partial charge in [0.05, 0.1) is 0 Å². The third kappa shape index (κ3) is 2.21. The molecule has 0 radical (unpaired) electrons. The summed E-state index contributed by atoms with van der Waals surface area (Å²) in [5.74, 6) is 0.702. The fourth-order valence-corrected chi connectivity index (χ4v) is 3.40. The van der Waals surface area contributed by atoms with Crippen LogP contribution < -0.4 is 0 Å². The molecular weight excluding hydrogens is 308 g/mol. The first-order valence-corrected chi connectivity index (χ1v) is 8.20. The minimum atomic E-state index is 0.702. The SMILES string of the molecule is c1ccc2c(-c3nnoc3-c3cccc4ccccc34)cccc2c1. The van der Waals surface area contributed by atoms with Crippen molar-refractivity contribution in [3.05, 3.63) is 84.9 Å². The second-order valence-corrected chi connectivity index (χ2v) is 6.00. The molecule has 5 aromatic rings. The largest absolute Gasteiger partial charge is 0.336 e. The molecule has 0 saturated carbocycles. The van der Waals surface area contributed by atoms with Gasteiger partial charge < -0.3 is 4.52 Å². The standard InChI is InChI=1S/C22H14N2O/c1-3-11-17-15(7-1)9-5-13-19(17)21-22(25-24-23-21)20-14-6-10-16-8-2-4-12-18(16)20/h1-14H. The van der Waals surface area contributed by atoms with Gasteiger partial charge in [-0.3, -0.25) is 0 Å². The van der Waals surface area contributed by atoms with E-state index < -0.39 is 0 Å². The Kier molecular flexibility index (Phi) is 3.10. The van der Waals surface area contributed by atoms with Crippen LogP contribution in [0.1, 0.15) is 0 Å². The van der Waals surface area contributed by atoms with Crippen molar-refractivity contribution in [2.24, 2.45) is 0 Å². The molecule has 0 aliphatic heterocycles. The first kappa shape index (κ1) is 13.9.